The Bertz CT molecular complexity index is 355. The minimum Gasteiger partial charge on any atom is -0.479 e. The maximum atomic E-state index is 13.1. The van der Waals surface area contributed by atoms with E-state index in [2.05, 4.69) is 0 Å². The van der Waals surface area contributed by atoms with Gasteiger partial charge in [-0.15, -0.1) is 0 Å². The first-order chi connectivity index (χ1) is 6.63. The van der Waals surface area contributed by atoms with Crippen LogP contribution in [0.3, 0.4) is 0 Å². The summed E-state index contributed by atoms with van der Waals surface area (Å²) >= 11 is 0. The first-order valence-electron chi connectivity index (χ1n) is 4.43. The number of rotatable bonds is 3. The van der Waals surface area contributed by atoms with Gasteiger partial charge in [0.05, 0.1) is 0 Å². The molecule has 74 valence electrons. The van der Waals surface area contributed by atoms with Crippen LogP contribution in [0.25, 0.3) is 0 Å². The lowest BCUT2D eigenvalue weighted by molar-refractivity contribution is 0.365. The second-order valence-electron chi connectivity index (χ2n) is 3.32. The predicted octanol–water partition coefficient (Wildman–Crippen LogP) is 2.85. The molecule has 0 aromatic heterocycles. The van der Waals surface area contributed by atoms with E-state index in [9.17, 15) is 4.39 Å². The molecule has 0 amide bonds. The SMILES string of the molecule is CC(C)c1cc(F)cc(OCC#N)c1. The third-order valence-electron chi connectivity index (χ3n) is 1.86. The van der Waals surface area contributed by atoms with Crippen molar-refractivity contribution in [3.8, 4) is 11.8 Å². The molecule has 3 heteroatoms. The summed E-state index contributed by atoms with van der Waals surface area (Å²) in [5.74, 6) is 0.328. The molecule has 0 unspecified atom stereocenters. The highest BCUT2D eigenvalue weighted by Gasteiger charge is 2.04. The molecule has 0 aliphatic carbocycles. The molecule has 0 aliphatic heterocycles. The van der Waals surface area contributed by atoms with Gasteiger partial charge in [-0.3, -0.25) is 0 Å². The van der Waals surface area contributed by atoms with Crippen molar-refractivity contribution in [2.45, 2.75) is 19.8 Å². The largest absolute Gasteiger partial charge is 0.479 e. The van der Waals surface area contributed by atoms with Gasteiger partial charge in [0.2, 0.25) is 0 Å². The number of hydrogen-bond donors (Lipinski definition) is 0. The zero-order chi connectivity index (χ0) is 10.6. The van der Waals surface area contributed by atoms with E-state index in [1.54, 1.807) is 6.07 Å². The molecule has 2 nitrogen and oxygen atoms in total. The summed E-state index contributed by atoms with van der Waals surface area (Å²) in [5, 5.41) is 8.31. The van der Waals surface area contributed by atoms with Gasteiger partial charge in [-0.1, -0.05) is 13.8 Å². The lowest BCUT2D eigenvalue weighted by Crippen LogP contribution is -1.96. The highest BCUT2D eigenvalue weighted by molar-refractivity contribution is 5.31. The normalized spacial score (nSPS) is 9.93. The van der Waals surface area contributed by atoms with Crippen molar-refractivity contribution in [1.82, 2.24) is 0 Å². The Balaban J connectivity index is 2.90. The van der Waals surface area contributed by atoms with E-state index < -0.39 is 0 Å². The van der Waals surface area contributed by atoms with E-state index in [4.69, 9.17) is 10.00 Å². The molecule has 0 N–H and O–H groups in total. The van der Waals surface area contributed by atoms with Crippen molar-refractivity contribution in [3.05, 3.63) is 29.6 Å². The summed E-state index contributed by atoms with van der Waals surface area (Å²) in [5.41, 5.74) is 0.873. The maximum absolute atomic E-state index is 13.1. The third kappa shape index (κ3) is 2.74. The summed E-state index contributed by atoms with van der Waals surface area (Å²) in [7, 11) is 0. The number of benzene rings is 1. The Morgan fingerprint density at radius 1 is 1.43 bits per heavy atom. The van der Waals surface area contributed by atoms with Gasteiger partial charge in [0, 0.05) is 6.07 Å². The fourth-order valence-corrected chi connectivity index (χ4v) is 1.12. The van der Waals surface area contributed by atoms with Gasteiger partial charge in [0.1, 0.15) is 17.6 Å². The monoisotopic (exact) mass is 193 g/mol. The fraction of sp³-hybridized carbons (Fsp3) is 0.364. The minimum absolute atomic E-state index is 0.0546. The second kappa shape index (κ2) is 4.61. The summed E-state index contributed by atoms with van der Waals surface area (Å²) in [4.78, 5) is 0. The molecule has 1 rings (SSSR count). The number of hydrogen-bond acceptors (Lipinski definition) is 2. The molecule has 0 aliphatic rings. The molecule has 0 saturated heterocycles. The van der Waals surface area contributed by atoms with Crippen LogP contribution in [0.4, 0.5) is 4.39 Å². The third-order valence-corrected chi connectivity index (χ3v) is 1.86. The van der Waals surface area contributed by atoms with E-state index in [0.29, 0.717) is 5.75 Å². The Labute approximate surface area is 82.9 Å². The molecule has 14 heavy (non-hydrogen) atoms. The molecular weight excluding hydrogens is 181 g/mol. The van der Waals surface area contributed by atoms with Crippen LogP contribution >= 0.6 is 0 Å². The van der Waals surface area contributed by atoms with Crippen LogP contribution in [0.5, 0.6) is 5.75 Å². The molecular formula is C11H12FNO. The van der Waals surface area contributed by atoms with Crippen molar-refractivity contribution < 1.29 is 9.13 Å². The minimum atomic E-state index is -0.330. The van der Waals surface area contributed by atoms with Crippen molar-refractivity contribution >= 4 is 0 Å². The summed E-state index contributed by atoms with van der Waals surface area (Å²) in [6, 6.07) is 6.35. The van der Waals surface area contributed by atoms with Gasteiger partial charge >= 0.3 is 0 Å². The van der Waals surface area contributed by atoms with Crippen molar-refractivity contribution in [3.63, 3.8) is 0 Å². The number of halogens is 1. The average Bonchev–Trinajstić information content (AvgIpc) is 2.14. The van der Waals surface area contributed by atoms with Crippen LogP contribution in [0.1, 0.15) is 25.3 Å². The smallest absolute Gasteiger partial charge is 0.174 e. The average molecular weight is 193 g/mol. The second-order valence-corrected chi connectivity index (χ2v) is 3.32. The van der Waals surface area contributed by atoms with Gasteiger partial charge in [-0.2, -0.15) is 5.26 Å². The molecule has 0 fully saturated rings. The van der Waals surface area contributed by atoms with E-state index >= 15 is 0 Å². The molecule has 0 radical (unpaired) electrons. The summed E-state index contributed by atoms with van der Waals surface area (Å²) < 4.78 is 18.1. The first kappa shape index (κ1) is 10.5. The lowest BCUT2D eigenvalue weighted by Gasteiger charge is -2.08. The van der Waals surface area contributed by atoms with Gasteiger partial charge in [-0.05, 0) is 23.6 Å². The number of nitrogens with zero attached hydrogens (tertiary/aromatic N) is 1. The van der Waals surface area contributed by atoms with E-state index in [0.717, 1.165) is 5.56 Å². The van der Waals surface area contributed by atoms with Crippen molar-refractivity contribution in [1.29, 1.82) is 5.26 Å². The predicted molar refractivity (Wildman–Crippen MR) is 51.6 cm³/mol. The number of nitriles is 1. The Kier molecular flexibility index (Phi) is 3.47. The summed E-state index contributed by atoms with van der Waals surface area (Å²) in [6.45, 7) is 3.90. The van der Waals surface area contributed by atoms with Crippen molar-refractivity contribution in [2.75, 3.05) is 6.61 Å². The molecule has 1 aromatic rings. The molecule has 0 bridgehead atoms. The zero-order valence-corrected chi connectivity index (χ0v) is 8.25. The highest BCUT2D eigenvalue weighted by Crippen LogP contribution is 2.22. The number of ether oxygens (including phenoxy) is 1. The molecule has 0 saturated carbocycles. The lowest BCUT2D eigenvalue weighted by atomic mass is 10.0. The van der Waals surface area contributed by atoms with Gasteiger partial charge < -0.3 is 4.74 Å². The topological polar surface area (TPSA) is 33.0 Å². The summed E-state index contributed by atoms with van der Waals surface area (Å²) in [6.07, 6.45) is 0. The van der Waals surface area contributed by atoms with Crippen LogP contribution in [0.15, 0.2) is 18.2 Å². The Morgan fingerprint density at radius 3 is 2.71 bits per heavy atom. The van der Waals surface area contributed by atoms with Gasteiger partial charge in [-0.25, -0.2) is 4.39 Å². The highest BCUT2D eigenvalue weighted by atomic mass is 19.1. The van der Waals surface area contributed by atoms with E-state index in [-0.39, 0.29) is 18.3 Å². The zero-order valence-electron chi connectivity index (χ0n) is 8.25. The first-order valence-corrected chi connectivity index (χ1v) is 4.43. The van der Waals surface area contributed by atoms with Crippen LogP contribution < -0.4 is 4.74 Å². The van der Waals surface area contributed by atoms with Crippen LogP contribution in [-0.4, -0.2) is 6.61 Å². The van der Waals surface area contributed by atoms with Crippen LogP contribution in [0, 0.1) is 17.1 Å². The van der Waals surface area contributed by atoms with Crippen molar-refractivity contribution in [2.24, 2.45) is 0 Å². The van der Waals surface area contributed by atoms with Gasteiger partial charge in [0.25, 0.3) is 0 Å². The molecule has 1 aromatic carbocycles. The maximum Gasteiger partial charge on any atom is 0.174 e. The quantitative estimate of drug-likeness (QED) is 0.739. The van der Waals surface area contributed by atoms with Gasteiger partial charge in [0.15, 0.2) is 6.61 Å². The standard InChI is InChI=1S/C11H12FNO/c1-8(2)9-5-10(12)7-11(6-9)14-4-3-13/h5-8H,4H2,1-2H3. The molecule has 0 heterocycles. The van der Waals surface area contributed by atoms with Crippen LogP contribution in [-0.2, 0) is 0 Å². The van der Waals surface area contributed by atoms with E-state index in [1.165, 1.54) is 12.1 Å². The molecule has 0 spiro atoms. The van der Waals surface area contributed by atoms with E-state index in [1.807, 2.05) is 19.9 Å². The fourth-order valence-electron chi connectivity index (χ4n) is 1.12. The Hall–Kier alpha value is -1.56. The Morgan fingerprint density at radius 2 is 2.14 bits per heavy atom. The van der Waals surface area contributed by atoms with Crippen LogP contribution in [0.2, 0.25) is 0 Å². The molecule has 0 atom stereocenters.